The lowest BCUT2D eigenvalue weighted by Crippen LogP contribution is -2.13. The Morgan fingerprint density at radius 3 is 2.89 bits per heavy atom. The second kappa shape index (κ2) is 5.81. The Balaban J connectivity index is 2.26. The highest BCUT2D eigenvalue weighted by Gasteiger charge is 2.11. The Morgan fingerprint density at radius 2 is 2.32 bits per heavy atom. The van der Waals surface area contributed by atoms with Crippen molar-refractivity contribution in [2.24, 2.45) is 4.99 Å². The van der Waals surface area contributed by atoms with Gasteiger partial charge in [-0.05, 0) is 34.1 Å². The molecule has 1 aromatic carbocycles. The molecule has 0 saturated carbocycles. The maximum absolute atomic E-state index is 13.1. The second-order valence-electron chi connectivity index (χ2n) is 3.52. The van der Waals surface area contributed by atoms with Crippen molar-refractivity contribution in [3.8, 4) is 0 Å². The lowest BCUT2D eigenvalue weighted by Gasteiger charge is -2.07. The van der Waals surface area contributed by atoms with E-state index in [9.17, 15) is 4.39 Å². The number of hydrogen-bond donors (Lipinski definition) is 3. The van der Waals surface area contributed by atoms with Gasteiger partial charge in [0.15, 0.2) is 11.7 Å². The normalized spacial score (nSPS) is 11.6. The van der Waals surface area contributed by atoms with Crippen molar-refractivity contribution < 1.29 is 14.0 Å². The molecule has 0 aliphatic rings. The first kappa shape index (κ1) is 13.5. The van der Waals surface area contributed by atoms with E-state index in [1.54, 1.807) is 0 Å². The van der Waals surface area contributed by atoms with Crippen molar-refractivity contribution in [1.29, 1.82) is 0 Å². The standard InChI is InChI=1S/C11H10BrFN4O2/c12-7-3-6(1-2-8(7)13)16-11(15-5-18)9-4-10(14)17-19-9/h1-4,18H,5H2,(H2,14,17)(H,15,16). The molecule has 2 rings (SSSR count). The van der Waals surface area contributed by atoms with E-state index in [1.807, 2.05) is 0 Å². The molecule has 8 heteroatoms. The van der Waals surface area contributed by atoms with Crippen LogP contribution in [0.4, 0.5) is 15.9 Å². The van der Waals surface area contributed by atoms with Crippen LogP contribution in [0.2, 0.25) is 0 Å². The molecule has 0 atom stereocenters. The van der Waals surface area contributed by atoms with Gasteiger partial charge in [0.2, 0.25) is 5.76 Å². The lowest BCUT2D eigenvalue weighted by atomic mass is 10.3. The SMILES string of the molecule is Nc1cc(C(=NCO)Nc2ccc(F)c(Br)c2)on1. The first-order valence-electron chi connectivity index (χ1n) is 5.20. The molecule has 0 spiro atoms. The van der Waals surface area contributed by atoms with Gasteiger partial charge in [0.1, 0.15) is 12.5 Å². The summed E-state index contributed by atoms with van der Waals surface area (Å²) in [6.45, 7) is -0.439. The number of aliphatic hydroxyl groups is 1. The number of aliphatic hydroxyl groups excluding tert-OH is 1. The van der Waals surface area contributed by atoms with Gasteiger partial charge in [-0.25, -0.2) is 9.38 Å². The summed E-state index contributed by atoms with van der Waals surface area (Å²) in [5, 5.41) is 15.3. The molecule has 0 amide bonds. The molecule has 0 unspecified atom stereocenters. The average Bonchev–Trinajstić information content (AvgIpc) is 2.80. The van der Waals surface area contributed by atoms with Gasteiger partial charge in [-0.1, -0.05) is 5.16 Å². The minimum atomic E-state index is -0.439. The van der Waals surface area contributed by atoms with Crippen LogP contribution in [0, 0.1) is 5.82 Å². The van der Waals surface area contributed by atoms with Crippen molar-refractivity contribution in [2.45, 2.75) is 0 Å². The van der Waals surface area contributed by atoms with E-state index in [2.05, 4.69) is 31.4 Å². The van der Waals surface area contributed by atoms with E-state index < -0.39 is 6.73 Å². The molecular formula is C11H10BrFN4O2. The quantitative estimate of drug-likeness (QED) is 0.591. The van der Waals surface area contributed by atoms with Gasteiger partial charge in [-0.3, -0.25) is 0 Å². The van der Waals surface area contributed by atoms with E-state index in [0.29, 0.717) is 10.2 Å². The summed E-state index contributed by atoms with van der Waals surface area (Å²) in [5.41, 5.74) is 6.01. The topological polar surface area (TPSA) is 96.7 Å². The summed E-state index contributed by atoms with van der Waals surface area (Å²) in [5.74, 6) is 0.329. The number of nitrogens with zero attached hydrogens (tertiary/aromatic N) is 2. The number of nitrogen functional groups attached to an aromatic ring is 1. The van der Waals surface area contributed by atoms with Crippen LogP contribution in [0.15, 0.2) is 38.3 Å². The van der Waals surface area contributed by atoms with E-state index in [4.69, 9.17) is 15.4 Å². The van der Waals surface area contributed by atoms with Crippen LogP contribution in [0.5, 0.6) is 0 Å². The number of benzene rings is 1. The summed E-state index contributed by atoms with van der Waals surface area (Å²) < 4.78 is 18.4. The third-order valence-corrected chi connectivity index (χ3v) is 2.78. The fourth-order valence-corrected chi connectivity index (χ4v) is 1.74. The molecule has 0 fully saturated rings. The Bertz CT molecular complexity index is 614. The van der Waals surface area contributed by atoms with Crippen LogP contribution in [-0.2, 0) is 0 Å². The van der Waals surface area contributed by atoms with Gasteiger partial charge < -0.3 is 20.7 Å². The van der Waals surface area contributed by atoms with Crippen LogP contribution in [0.25, 0.3) is 0 Å². The van der Waals surface area contributed by atoms with Crippen LogP contribution in [0.1, 0.15) is 5.76 Å². The predicted molar refractivity (Wildman–Crippen MR) is 72.3 cm³/mol. The van der Waals surface area contributed by atoms with Crippen LogP contribution in [0.3, 0.4) is 0 Å². The molecule has 1 heterocycles. The Hall–Kier alpha value is -1.93. The number of aromatic nitrogens is 1. The van der Waals surface area contributed by atoms with Crippen LogP contribution < -0.4 is 11.1 Å². The minimum absolute atomic E-state index is 0.197. The zero-order valence-electron chi connectivity index (χ0n) is 9.60. The van der Waals surface area contributed by atoms with Crippen molar-refractivity contribution in [3.63, 3.8) is 0 Å². The summed E-state index contributed by atoms with van der Waals surface area (Å²) in [6, 6.07) is 5.80. The predicted octanol–water partition coefficient (Wildman–Crippen LogP) is 1.97. The molecule has 19 heavy (non-hydrogen) atoms. The number of anilines is 2. The van der Waals surface area contributed by atoms with Gasteiger partial charge in [-0.15, -0.1) is 0 Å². The second-order valence-corrected chi connectivity index (χ2v) is 4.37. The average molecular weight is 329 g/mol. The summed E-state index contributed by atoms with van der Waals surface area (Å²) in [6.07, 6.45) is 0. The van der Waals surface area contributed by atoms with Crippen molar-refractivity contribution in [2.75, 3.05) is 17.8 Å². The molecule has 1 aromatic heterocycles. The van der Waals surface area contributed by atoms with Crippen LogP contribution >= 0.6 is 15.9 Å². The summed E-state index contributed by atoms with van der Waals surface area (Å²) >= 11 is 3.08. The number of aliphatic imine (C=N–C) groups is 1. The Kier molecular flexibility index (Phi) is 4.13. The lowest BCUT2D eigenvalue weighted by molar-refractivity contribution is 0.308. The monoisotopic (exact) mass is 328 g/mol. The first-order chi connectivity index (χ1) is 9.10. The summed E-state index contributed by atoms with van der Waals surface area (Å²) in [4.78, 5) is 3.82. The van der Waals surface area contributed by atoms with E-state index >= 15 is 0 Å². The smallest absolute Gasteiger partial charge is 0.204 e. The highest BCUT2D eigenvalue weighted by molar-refractivity contribution is 9.10. The number of nitrogens with two attached hydrogens (primary N) is 1. The maximum atomic E-state index is 13.1. The van der Waals surface area contributed by atoms with Crippen molar-refractivity contribution in [3.05, 3.63) is 40.3 Å². The van der Waals surface area contributed by atoms with Crippen molar-refractivity contribution in [1.82, 2.24) is 5.16 Å². The molecule has 100 valence electrons. The number of halogens is 2. The zero-order valence-corrected chi connectivity index (χ0v) is 11.2. The third kappa shape index (κ3) is 3.30. The molecule has 0 radical (unpaired) electrons. The van der Waals surface area contributed by atoms with Gasteiger partial charge in [0, 0.05) is 11.8 Å². The first-order valence-corrected chi connectivity index (χ1v) is 5.99. The third-order valence-electron chi connectivity index (χ3n) is 2.17. The zero-order chi connectivity index (χ0) is 13.8. The molecule has 0 aliphatic heterocycles. The van der Waals surface area contributed by atoms with Crippen molar-refractivity contribution >= 4 is 33.3 Å². The largest absolute Gasteiger partial charge is 0.381 e. The van der Waals surface area contributed by atoms with Gasteiger partial charge in [0.25, 0.3) is 0 Å². The molecule has 0 saturated heterocycles. The highest BCUT2D eigenvalue weighted by Crippen LogP contribution is 2.21. The number of amidine groups is 1. The van der Waals surface area contributed by atoms with E-state index in [0.717, 1.165) is 0 Å². The Morgan fingerprint density at radius 1 is 1.53 bits per heavy atom. The van der Waals surface area contributed by atoms with E-state index in [-0.39, 0.29) is 23.2 Å². The summed E-state index contributed by atoms with van der Waals surface area (Å²) in [7, 11) is 0. The molecule has 2 aromatic rings. The van der Waals surface area contributed by atoms with E-state index in [1.165, 1.54) is 24.3 Å². The maximum Gasteiger partial charge on any atom is 0.204 e. The number of hydrogen-bond acceptors (Lipinski definition) is 5. The molecule has 0 aliphatic carbocycles. The molecule has 4 N–H and O–H groups in total. The van der Waals surface area contributed by atoms with Gasteiger partial charge in [0.05, 0.1) is 4.47 Å². The Labute approximate surface area is 116 Å². The fraction of sp³-hybridized carbons (Fsp3) is 0.0909. The minimum Gasteiger partial charge on any atom is -0.381 e. The van der Waals surface area contributed by atoms with Gasteiger partial charge >= 0.3 is 0 Å². The molecule has 6 nitrogen and oxygen atoms in total. The number of nitrogens with one attached hydrogen (secondary N) is 1. The number of rotatable bonds is 3. The van der Waals surface area contributed by atoms with Crippen LogP contribution in [-0.4, -0.2) is 22.8 Å². The fourth-order valence-electron chi connectivity index (χ4n) is 1.36. The van der Waals surface area contributed by atoms with Gasteiger partial charge in [-0.2, -0.15) is 0 Å². The molecular weight excluding hydrogens is 319 g/mol. The highest BCUT2D eigenvalue weighted by atomic mass is 79.9. The molecule has 0 bridgehead atoms.